The number of pyridine rings is 1. The third-order valence-corrected chi connectivity index (χ3v) is 6.49. The first-order valence-corrected chi connectivity index (χ1v) is 11.2. The van der Waals surface area contributed by atoms with Crippen molar-refractivity contribution >= 4 is 33.6 Å². The van der Waals surface area contributed by atoms with Crippen LogP contribution in [0.25, 0.3) is 10.2 Å². The minimum absolute atomic E-state index is 0.0940. The predicted molar refractivity (Wildman–Crippen MR) is 111 cm³/mol. The summed E-state index contributed by atoms with van der Waals surface area (Å²) in [7, 11) is 1.21. The highest BCUT2D eigenvalue weighted by Crippen LogP contribution is 2.44. The smallest absolute Gasteiger partial charge is 0.355 e. The zero-order valence-corrected chi connectivity index (χ0v) is 19.4. The van der Waals surface area contributed by atoms with E-state index in [1.807, 2.05) is 0 Å². The minimum atomic E-state index is -4.95. The maximum Gasteiger partial charge on any atom is 0.522 e. The van der Waals surface area contributed by atoms with Crippen LogP contribution in [0.1, 0.15) is 45.6 Å². The Balaban J connectivity index is 2.04. The van der Waals surface area contributed by atoms with Crippen molar-refractivity contribution in [1.82, 2.24) is 15.2 Å². The van der Waals surface area contributed by atoms with Crippen LogP contribution in [-0.2, 0) is 22.2 Å². The minimum Gasteiger partial charge on any atom is -0.355 e. The summed E-state index contributed by atoms with van der Waals surface area (Å²) in [6, 6.07) is 0. The number of piperidine rings is 1. The summed E-state index contributed by atoms with van der Waals surface area (Å²) in [6.45, 7) is 0.925. The van der Waals surface area contributed by atoms with Crippen LogP contribution in [0, 0.1) is 6.92 Å². The van der Waals surface area contributed by atoms with Crippen molar-refractivity contribution < 1.29 is 50.4 Å². The Labute approximate surface area is 199 Å². The van der Waals surface area contributed by atoms with Gasteiger partial charge in [-0.1, -0.05) is 0 Å². The summed E-state index contributed by atoms with van der Waals surface area (Å²) >= 11 is 0.479. The summed E-state index contributed by atoms with van der Waals surface area (Å²) < 4.78 is 82.4. The average molecular weight is 529 g/mol. The predicted octanol–water partition coefficient (Wildman–Crippen LogP) is 4.98. The number of nitrogens with one attached hydrogen (secondary N) is 1. The van der Waals surface area contributed by atoms with E-state index in [1.54, 1.807) is 0 Å². The Hall–Kier alpha value is -2.81. The molecule has 3 heterocycles. The molecule has 8 nitrogen and oxygen atoms in total. The van der Waals surface area contributed by atoms with E-state index in [1.165, 1.54) is 11.9 Å². The first-order valence-electron chi connectivity index (χ1n) is 10.4. The van der Waals surface area contributed by atoms with Gasteiger partial charge in [-0.15, -0.1) is 24.5 Å². The Morgan fingerprint density at radius 3 is 2.34 bits per heavy atom. The first kappa shape index (κ1) is 26.8. The van der Waals surface area contributed by atoms with Crippen LogP contribution in [0.2, 0.25) is 0 Å². The van der Waals surface area contributed by atoms with Gasteiger partial charge in [-0.05, 0) is 26.2 Å². The fraction of sp³-hybridized carbons (Fsp3) is 0.550. The van der Waals surface area contributed by atoms with Crippen LogP contribution in [-0.4, -0.2) is 55.0 Å². The molecule has 0 aliphatic carbocycles. The van der Waals surface area contributed by atoms with Crippen LogP contribution in [0.5, 0.6) is 5.88 Å². The van der Waals surface area contributed by atoms with Gasteiger partial charge >= 0.3 is 18.6 Å². The molecule has 2 amide bonds. The van der Waals surface area contributed by atoms with Gasteiger partial charge in [-0.2, -0.15) is 13.2 Å². The maximum absolute atomic E-state index is 14.0. The topological polar surface area (TPSA) is 90.0 Å². The van der Waals surface area contributed by atoms with E-state index < -0.39 is 64.8 Å². The Kier molecular flexibility index (Phi) is 7.99. The summed E-state index contributed by atoms with van der Waals surface area (Å²) in [5.74, 6) is -1.56. The molecule has 194 valence electrons. The fourth-order valence-electron chi connectivity index (χ4n) is 3.63. The Bertz CT molecular complexity index is 1100. The molecule has 15 heteroatoms. The number of fused-ring (bicyclic) bond motifs is 1. The second kappa shape index (κ2) is 10.4. The standard InChI is InChI=1S/C20H21F6N3O5S/c1-10-13(19(21,22)23)15-14(28-17(10)33-34-18(31)29-7-4-3-5-8-29)12(16(30)27-2)11(35-15)6-9-32-20(24,25)26/h3-9H2,1-2H3,(H,27,30). The molecule has 0 bridgehead atoms. The molecule has 1 aliphatic heterocycles. The number of ether oxygens (including phenoxy) is 1. The van der Waals surface area contributed by atoms with Crippen LogP contribution >= 0.6 is 11.3 Å². The molecule has 0 aromatic carbocycles. The van der Waals surface area contributed by atoms with Crippen molar-refractivity contribution in [3.8, 4) is 5.88 Å². The molecule has 2 aromatic heterocycles. The van der Waals surface area contributed by atoms with E-state index >= 15 is 0 Å². The van der Waals surface area contributed by atoms with Crippen molar-refractivity contribution in [2.24, 2.45) is 0 Å². The van der Waals surface area contributed by atoms with Crippen molar-refractivity contribution in [3.63, 3.8) is 0 Å². The SMILES string of the molecule is CNC(=O)c1c(CCOC(F)(F)F)sc2c(C(F)(F)F)c(C)c(OOC(=O)N3CCCCC3)nc12. The Morgan fingerprint density at radius 2 is 1.77 bits per heavy atom. The number of halogens is 6. The molecule has 0 atom stereocenters. The Morgan fingerprint density at radius 1 is 1.11 bits per heavy atom. The summed E-state index contributed by atoms with van der Waals surface area (Å²) in [5.41, 5.74) is -2.52. The summed E-state index contributed by atoms with van der Waals surface area (Å²) in [4.78, 5) is 39.5. The lowest BCUT2D eigenvalue weighted by molar-refractivity contribution is -0.324. The number of carbonyl (C=O) groups is 2. The van der Waals surface area contributed by atoms with E-state index in [0.717, 1.165) is 26.2 Å². The lowest BCUT2D eigenvalue weighted by Crippen LogP contribution is -2.36. The fourth-order valence-corrected chi connectivity index (χ4v) is 4.97. The van der Waals surface area contributed by atoms with Crippen LogP contribution in [0.4, 0.5) is 31.1 Å². The number of amides is 2. The molecule has 0 spiro atoms. The third-order valence-electron chi connectivity index (χ3n) is 5.23. The second-order valence-electron chi connectivity index (χ2n) is 7.60. The molecule has 0 radical (unpaired) electrons. The number of likely N-dealkylation sites (tertiary alicyclic amines) is 1. The van der Waals surface area contributed by atoms with Gasteiger partial charge in [0, 0.05) is 37.0 Å². The van der Waals surface area contributed by atoms with Crippen molar-refractivity contribution in [2.75, 3.05) is 26.7 Å². The molecule has 2 aromatic rings. The third kappa shape index (κ3) is 6.25. The number of carbonyl (C=O) groups excluding carboxylic acids is 2. The molecule has 0 saturated carbocycles. The highest BCUT2D eigenvalue weighted by Gasteiger charge is 2.39. The average Bonchev–Trinajstić information content (AvgIpc) is 3.12. The van der Waals surface area contributed by atoms with Gasteiger partial charge in [0.15, 0.2) is 0 Å². The monoisotopic (exact) mass is 529 g/mol. The quantitative estimate of drug-likeness (QED) is 0.323. The van der Waals surface area contributed by atoms with E-state index in [0.29, 0.717) is 24.4 Å². The van der Waals surface area contributed by atoms with Gasteiger partial charge in [0.2, 0.25) is 0 Å². The van der Waals surface area contributed by atoms with Gasteiger partial charge in [0.1, 0.15) is 0 Å². The zero-order chi connectivity index (χ0) is 26.0. The molecular weight excluding hydrogens is 508 g/mol. The van der Waals surface area contributed by atoms with E-state index in [9.17, 15) is 35.9 Å². The number of hydrogen-bond acceptors (Lipinski definition) is 7. The summed E-state index contributed by atoms with van der Waals surface area (Å²) in [5, 5.41) is 2.24. The molecule has 1 N–H and O–H groups in total. The second-order valence-corrected chi connectivity index (χ2v) is 8.70. The van der Waals surface area contributed by atoms with Gasteiger partial charge in [0.05, 0.1) is 28.0 Å². The van der Waals surface area contributed by atoms with Gasteiger partial charge in [-0.25, -0.2) is 14.7 Å². The molecule has 0 unspecified atom stereocenters. The molecule has 3 rings (SSSR count). The lowest BCUT2D eigenvalue weighted by atomic mass is 10.1. The highest BCUT2D eigenvalue weighted by molar-refractivity contribution is 7.19. The van der Waals surface area contributed by atoms with Crippen LogP contribution < -0.4 is 10.2 Å². The van der Waals surface area contributed by atoms with E-state index in [4.69, 9.17) is 9.78 Å². The number of aromatic nitrogens is 1. The number of rotatable bonds is 6. The van der Waals surface area contributed by atoms with Gasteiger partial charge < -0.3 is 10.2 Å². The number of thiophene rings is 1. The zero-order valence-electron chi connectivity index (χ0n) is 18.6. The molecule has 1 fully saturated rings. The van der Waals surface area contributed by atoms with Crippen LogP contribution in [0.3, 0.4) is 0 Å². The lowest BCUT2D eigenvalue weighted by Gasteiger charge is -2.24. The number of alkyl halides is 6. The van der Waals surface area contributed by atoms with Gasteiger partial charge in [-0.3, -0.25) is 14.4 Å². The largest absolute Gasteiger partial charge is 0.522 e. The van der Waals surface area contributed by atoms with Gasteiger partial charge in [0.25, 0.3) is 11.8 Å². The van der Waals surface area contributed by atoms with Crippen molar-refractivity contribution in [1.29, 1.82) is 0 Å². The number of nitrogens with zero attached hydrogens (tertiary/aromatic N) is 2. The maximum atomic E-state index is 14.0. The van der Waals surface area contributed by atoms with Crippen LogP contribution in [0.15, 0.2) is 0 Å². The van der Waals surface area contributed by atoms with E-state index in [2.05, 4.69) is 15.0 Å². The molecule has 35 heavy (non-hydrogen) atoms. The first-order chi connectivity index (χ1) is 16.3. The molecule has 1 saturated heterocycles. The van der Waals surface area contributed by atoms with Crippen molar-refractivity contribution in [3.05, 3.63) is 21.6 Å². The summed E-state index contributed by atoms with van der Waals surface area (Å²) in [6.07, 6.45) is -8.89. The number of hydrogen-bond donors (Lipinski definition) is 1. The molecular formula is C20H21F6N3O5S. The molecule has 1 aliphatic rings. The van der Waals surface area contributed by atoms with Crippen molar-refractivity contribution in [2.45, 2.75) is 45.1 Å². The highest BCUT2D eigenvalue weighted by atomic mass is 32.1. The van der Waals surface area contributed by atoms with E-state index in [-0.39, 0.29) is 10.4 Å². The normalized spacial score (nSPS) is 14.8.